The van der Waals surface area contributed by atoms with Crippen molar-refractivity contribution in [3.63, 3.8) is 0 Å². The first kappa shape index (κ1) is 20.3. The minimum Gasteiger partial charge on any atom is -0.490 e. The van der Waals surface area contributed by atoms with Crippen LogP contribution < -0.4 is 4.74 Å². The number of amides is 1. The van der Waals surface area contributed by atoms with E-state index in [9.17, 15) is 4.79 Å². The monoisotopic (exact) mass is 436 g/mol. The molecule has 3 rings (SSSR count). The number of nitrogens with zero attached hydrogens (tertiary/aromatic N) is 2. The van der Waals surface area contributed by atoms with Crippen molar-refractivity contribution >= 4 is 27.7 Å². The molecule has 1 spiro atoms. The minimum atomic E-state index is -0.476. The van der Waals surface area contributed by atoms with Gasteiger partial charge in [0.15, 0.2) is 0 Å². The maximum absolute atomic E-state index is 13.2. The summed E-state index contributed by atoms with van der Waals surface area (Å²) in [5, 5.41) is 0. The van der Waals surface area contributed by atoms with Gasteiger partial charge in [-0.2, -0.15) is 0 Å². The molecular formula is C21H29BrN2O3. The van der Waals surface area contributed by atoms with Gasteiger partial charge in [-0.3, -0.25) is 14.7 Å². The summed E-state index contributed by atoms with van der Waals surface area (Å²) in [4.78, 5) is 20.1. The van der Waals surface area contributed by atoms with E-state index in [0.29, 0.717) is 19.8 Å². The average molecular weight is 437 g/mol. The quantitative estimate of drug-likeness (QED) is 0.526. The van der Waals surface area contributed by atoms with Crippen molar-refractivity contribution in [3.05, 3.63) is 28.2 Å². The van der Waals surface area contributed by atoms with Crippen molar-refractivity contribution < 1.29 is 14.3 Å². The molecule has 5 nitrogen and oxygen atoms in total. The number of halogens is 1. The molecule has 1 heterocycles. The number of hydrogen-bond donors (Lipinski definition) is 0. The lowest BCUT2D eigenvalue weighted by Gasteiger charge is -2.23. The minimum absolute atomic E-state index is 0.191. The summed E-state index contributed by atoms with van der Waals surface area (Å²) in [6.07, 6.45) is 7.01. The van der Waals surface area contributed by atoms with E-state index in [-0.39, 0.29) is 5.91 Å². The Morgan fingerprint density at radius 2 is 2.04 bits per heavy atom. The molecule has 27 heavy (non-hydrogen) atoms. The first-order valence-electron chi connectivity index (χ1n) is 9.90. The van der Waals surface area contributed by atoms with Gasteiger partial charge in [0, 0.05) is 13.5 Å². The standard InChI is InChI=1S/C21H29BrN2O3/c1-3-4-7-19-23-21(10-5-6-11-21)20(25)24(19)15-16-8-9-17(22)18(14-16)27-13-12-26-2/h8-9,14H,3-7,10-13,15H2,1-2H3. The van der Waals surface area contributed by atoms with Crippen LogP contribution in [0.5, 0.6) is 5.75 Å². The Kier molecular flexibility index (Phi) is 6.93. The topological polar surface area (TPSA) is 51.1 Å². The number of rotatable bonds is 9. The predicted molar refractivity (Wildman–Crippen MR) is 110 cm³/mol. The summed E-state index contributed by atoms with van der Waals surface area (Å²) in [5.41, 5.74) is 0.578. The molecule has 1 saturated carbocycles. The Hall–Kier alpha value is -1.40. The lowest BCUT2D eigenvalue weighted by molar-refractivity contribution is -0.131. The molecule has 1 aromatic carbocycles. The Bertz CT molecular complexity index is 699. The summed E-state index contributed by atoms with van der Waals surface area (Å²) in [6.45, 7) is 3.76. The van der Waals surface area contributed by atoms with Gasteiger partial charge in [-0.15, -0.1) is 0 Å². The smallest absolute Gasteiger partial charge is 0.256 e. The second-order valence-corrected chi connectivity index (χ2v) is 8.22. The molecule has 2 aliphatic rings. The van der Waals surface area contributed by atoms with Gasteiger partial charge in [0.1, 0.15) is 23.7 Å². The molecule has 0 aromatic heterocycles. The van der Waals surface area contributed by atoms with Crippen LogP contribution in [0.1, 0.15) is 57.4 Å². The molecule has 1 amide bonds. The fourth-order valence-electron chi connectivity index (χ4n) is 3.87. The highest BCUT2D eigenvalue weighted by atomic mass is 79.9. The van der Waals surface area contributed by atoms with E-state index in [0.717, 1.165) is 66.6 Å². The highest BCUT2D eigenvalue weighted by molar-refractivity contribution is 9.10. The lowest BCUT2D eigenvalue weighted by Crippen LogP contribution is -2.40. The molecule has 0 unspecified atom stereocenters. The number of ether oxygens (including phenoxy) is 2. The number of amidine groups is 1. The van der Waals surface area contributed by atoms with E-state index in [1.165, 1.54) is 0 Å². The Labute approximate surface area is 170 Å². The molecular weight excluding hydrogens is 408 g/mol. The van der Waals surface area contributed by atoms with Crippen LogP contribution in [0.2, 0.25) is 0 Å². The van der Waals surface area contributed by atoms with Gasteiger partial charge in [0.25, 0.3) is 5.91 Å². The van der Waals surface area contributed by atoms with E-state index in [2.05, 4.69) is 22.9 Å². The van der Waals surface area contributed by atoms with Gasteiger partial charge in [-0.25, -0.2) is 0 Å². The van der Waals surface area contributed by atoms with Crippen molar-refractivity contribution in [1.29, 1.82) is 0 Å². The van der Waals surface area contributed by atoms with Gasteiger partial charge in [0.05, 0.1) is 17.6 Å². The fraction of sp³-hybridized carbons (Fsp3) is 0.619. The van der Waals surface area contributed by atoms with Crippen LogP contribution in [-0.4, -0.2) is 42.5 Å². The molecule has 1 aliphatic carbocycles. The maximum Gasteiger partial charge on any atom is 0.256 e. The van der Waals surface area contributed by atoms with Gasteiger partial charge in [0.2, 0.25) is 0 Å². The number of unbranched alkanes of at least 4 members (excludes halogenated alkanes) is 1. The normalized spacial score (nSPS) is 18.4. The molecule has 1 aromatic rings. The Balaban J connectivity index is 1.77. The van der Waals surface area contributed by atoms with Crippen LogP contribution in [0.3, 0.4) is 0 Å². The van der Waals surface area contributed by atoms with Crippen molar-refractivity contribution in [2.45, 2.75) is 64.0 Å². The summed E-state index contributed by atoms with van der Waals surface area (Å²) < 4.78 is 11.7. The summed E-state index contributed by atoms with van der Waals surface area (Å²) in [7, 11) is 1.66. The van der Waals surface area contributed by atoms with E-state index in [1.807, 2.05) is 23.1 Å². The van der Waals surface area contributed by atoms with Gasteiger partial charge < -0.3 is 9.47 Å². The predicted octanol–water partition coefficient (Wildman–Crippen LogP) is 4.72. The average Bonchev–Trinajstić information content (AvgIpc) is 3.24. The van der Waals surface area contributed by atoms with Crippen molar-refractivity contribution in [2.24, 2.45) is 4.99 Å². The van der Waals surface area contributed by atoms with Gasteiger partial charge in [-0.1, -0.05) is 32.3 Å². The molecule has 1 aliphatic heterocycles. The zero-order valence-corrected chi connectivity index (χ0v) is 17.9. The van der Waals surface area contributed by atoms with Gasteiger partial charge in [-0.05, 0) is 52.9 Å². The Morgan fingerprint density at radius 1 is 1.26 bits per heavy atom. The van der Waals surface area contributed by atoms with Gasteiger partial charge >= 0.3 is 0 Å². The zero-order valence-electron chi connectivity index (χ0n) is 16.3. The fourth-order valence-corrected chi connectivity index (χ4v) is 4.23. The number of methoxy groups -OCH3 is 1. The van der Waals surface area contributed by atoms with Crippen LogP contribution in [0, 0.1) is 0 Å². The summed E-state index contributed by atoms with van der Waals surface area (Å²) >= 11 is 3.53. The third kappa shape index (κ3) is 4.54. The molecule has 0 radical (unpaired) electrons. The zero-order chi connectivity index (χ0) is 19.3. The first-order valence-corrected chi connectivity index (χ1v) is 10.7. The van der Waals surface area contributed by atoms with E-state index in [4.69, 9.17) is 14.5 Å². The second kappa shape index (κ2) is 9.20. The van der Waals surface area contributed by atoms with Crippen molar-refractivity contribution in [2.75, 3.05) is 20.3 Å². The summed E-state index contributed by atoms with van der Waals surface area (Å²) in [5.74, 6) is 1.93. The largest absolute Gasteiger partial charge is 0.490 e. The van der Waals surface area contributed by atoms with Crippen molar-refractivity contribution in [1.82, 2.24) is 4.90 Å². The third-order valence-electron chi connectivity index (χ3n) is 5.36. The molecule has 148 valence electrons. The number of aliphatic imine (C=N–C) groups is 1. The van der Waals surface area contributed by atoms with E-state index in [1.54, 1.807) is 7.11 Å². The molecule has 0 atom stereocenters. The summed E-state index contributed by atoms with van der Waals surface area (Å²) in [6, 6.07) is 6.02. The van der Waals surface area contributed by atoms with Crippen LogP contribution >= 0.6 is 15.9 Å². The molecule has 0 bridgehead atoms. The van der Waals surface area contributed by atoms with Crippen LogP contribution in [0.4, 0.5) is 0 Å². The molecule has 6 heteroatoms. The highest BCUT2D eigenvalue weighted by Gasteiger charge is 2.49. The molecule has 0 saturated heterocycles. The van der Waals surface area contributed by atoms with Crippen LogP contribution in [-0.2, 0) is 16.1 Å². The van der Waals surface area contributed by atoms with E-state index < -0.39 is 5.54 Å². The maximum atomic E-state index is 13.2. The number of carbonyl (C=O) groups is 1. The van der Waals surface area contributed by atoms with E-state index >= 15 is 0 Å². The molecule has 1 fully saturated rings. The second-order valence-electron chi connectivity index (χ2n) is 7.37. The van der Waals surface area contributed by atoms with Crippen LogP contribution in [0.15, 0.2) is 27.7 Å². The third-order valence-corrected chi connectivity index (χ3v) is 6.02. The number of carbonyl (C=O) groups excluding carboxylic acids is 1. The van der Waals surface area contributed by atoms with Crippen molar-refractivity contribution in [3.8, 4) is 5.75 Å². The number of benzene rings is 1. The molecule has 0 N–H and O–H groups in total. The number of hydrogen-bond acceptors (Lipinski definition) is 4. The first-order chi connectivity index (χ1) is 13.1. The highest BCUT2D eigenvalue weighted by Crippen LogP contribution is 2.40. The Morgan fingerprint density at radius 3 is 2.74 bits per heavy atom. The SMILES string of the molecule is CCCCC1=NC2(CCCC2)C(=O)N1Cc1ccc(Br)c(OCCOC)c1. The van der Waals surface area contributed by atoms with Crippen LogP contribution in [0.25, 0.3) is 0 Å². The lowest BCUT2D eigenvalue weighted by atomic mass is 9.98.